The first kappa shape index (κ1) is 17.1. The molecular weight excluding hydrogens is 340 g/mol. The molecule has 11 nitrogen and oxygen atoms in total. The van der Waals surface area contributed by atoms with Crippen LogP contribution in [0.3, 0.4) is 0 Å². The fourth-order valence-corrected chi connectivity index (χ4v) is 2.00. The number of carboxylic acid groups (broad SMARTS) is 1. The summed E-state index contributed by atoms with van der Waals surface area (Å²) in [6.07, 6.45) is 2.40. The van der Waals surface area contributed by atoms with Gasteiger partial charge in [-0.1, -0.05) is 11.8 Å². The fraction of sp³-hybridized carbons (Fsp3) is 0.0833. The molecule has 0 spiro atoms. The first-order valence-corrected chi connectivity index (χ1v) is 7.27. The second-order valence-corrected chi connectivity index (χ2v) is 5.13. The van der Waals surface area contributed by atoms with Crippen molar-refractivity contribution in [3.8, 4) is 0 Å². The van der Waals surface area contributed by atoms with Crippen LogP contribution in [-0.2, 0) is 4.79 Å². The zero-order chi connectivity index (χ0) is 17.5. The van der Waals surface area contributed by atoms with Crippen LogP contribution in [0.25, 0.3) is 0 Å². The highest BCUT2D eigenvalue weighted by molar-refractivity contribution is 7.99. The second kappa shape index (κ2) is 7.82. The number of carboxylic acids is 1. The van der Waals surface area contributed by atoms with Gasteiger partial charge in [0.1, 0.15) is 0 Å². The van der Waals surface area contributed by atoms with Crippen molar-refractivity contribution in [1.29, 1.82) is 0 Å². The largest absolute Gasteiger partial charge is 0.478 e. The van der Waals surface area contributed by atoms with Gasteiger partial charge < -0.3 is 5.11 Å². The number of nitrogens with one attached hydrogen (secondary N) is 3. The molecule has 0 saturated heterocycles. The number of hydrogen-bond acceptors (Lipinski definition) is 8. The van der Waals surface area contributed by atoms with Crippen molar-refractivity contribution in [2.45, 2.75) is 5.03 Å². The molecule has 2 rings (SSSR count). The van der Waals surface area contributed by atoms with Gasteiger partial charge in [-0.05, 0) is 12.1 Å². The molecule has 0 radical (unpaired) electrons. The van der Waals surface area contributed by atoms with Gasteiger partial charge in [0.15, 0.2) is 5.03 Å². The van der Waals surface area contributed by atoms with E-state index in [1.165, 1.54) is 18.3 Å². The summed E-state index contributed by atoms with van der Waals surface area (Å²) in [7, 11) is 0. The highest BCUT2D eigenvalue weighted by Crippen LogP contribution is 2.07. The fourth-order valence-electron chi connectivity index (χ4n) is 1.38. The molecule has 12 heteroatoms. The maximum absolute atomic E-state index is 11.6. The predicted octanol–water partition coefficient (Wildman–Crippen LogP) is -1.21. The van der Waals surface area contributed by atoms with Crippen LogP contribution in [0.2, 0.25) is 0 Å². The number of aromatic nitrogens is 4. The van der Waals surface area contributed by atoms with Crippen molar-refractivity contribution < 1.29 is 14.7 Å². The molecule has 2 aromatic rings. The number of thioether (sulfide) groups is 1. The summed E-state index contributed by atoms with van der Waals surface area (Å²) in [6, 6.07) is 2.78. The van der Waals surface area contributed by atoms with Crippen molar-refractivity contribution in [2.75, 3.05) is 5.75 Å². The number of carbonyl (C=O) groups excluding carboxylic acids is 1. The van der Waals surface area contributed by atoms with E-state index in [0.717, 1.165) is 18.0 Å². The molecule has 2 aromatic heterocycles. The average Bonchev–Trinajstić information content (AvgIpc) is 2.54. The van der Waals surface area contributed by atoms with Gasteiger partial charge in [0.2, 0.25) is 5.91 Å². The van der Waals surface area contributed by atoms with E-state index in [4.69, 9.17) is 5.11 Å². The number of aromatic carboxylic acids is 1. The van der Waals surface area contributed by atoms with E-state index in [2.05, 4.69) is 20.6 Å². The van der Waals surface area contributed by atoms with Crippen LogP contribution in [0.5, 0.6) is 0 Å². The SMILES string of the molecule is O=C(CSc1n[nH]c(=O)[nH]c1=O)NN=Cc1ccc(C(=O)O)cn1. The lowest BCUT2D eigenvalue weighted by atomic mass is 10.2. The predicted molar refractivity (Wildman–Crippen MR) is 83.1 cm³/mol. The maximum atomic E-state index is 11.6. The molecular formula is C12H10N6O5S. The summed E-state index contributed by atoms with van der Waals surface area (Å²) < 4.78 is 0. The first-order chi connectivity index (χ1) is 11.5. The molecule has 0 aliphatic carbocycles. The Balaban J connectivity index is 1.85. The minimum atomic E-state index is -1.10. The Kier molecular flexibility index (Phi) is 5.57. The van der Waals surface area contributed by atoms with Gasteiger partial charge in [-0.3, -0.25) is 19.6 Å². The van der Waals surface area contributed by atoms with Crippen LogP contribution in [0, 0.1) is 0 Å². The lowest BCUT2D eigenvalue weighted by Gasteiger charge is -1.99. The zero-order valence-corrected chi connectivity index (χ0v) is 12.7. The normalized spacial score (nSPS) is 10.7. The Hall–Kier alpha value is -3.28. The number of H-pyrrole nitrogens is 2. The molecule has 0 fully saturated rings. The van der Waals surface area contributed by atoms with Gasteiger partial charge >= 0.3 is 11.7 Å². The molecule has 0 unspecified atom stereocenters. The highest BCUT2D eigenvalue weighted by atomic mass is 32.2. The smallest absolute Gasteiger partial charge is 0.342 e. The molecule has 0 aromatic carbocycles. The molecule has 0 aliphatic heterocycles. The lowest BCUT2D eigenvalue weighted by molar-refractivity contribution is -0.118. The summed E-state index contributed by atoms with van der Waals surface area (Å²) in [4.78, 5) is 50.2. The van der Waals surface area contributed by atoms with Gasteiger partial charge in [-0.25, -0.2) is 20.1 Å². The molecule has 0 bridgehead atoms. The number of carbonyl (C=O) groups is 2. The van der Waals surface area contributed by atoms with Gasteiger partial charge in [-0.15, -0.1) is 0 Å². The van der Waals surface area contributed by atoms with Crippen LogP contribution in [0.4, 0.5) is 0 Å². The standard InChI is InChI=1S/C12H10N6O5S/c19-8(5-24-10-9(20)15-12(23)18-17-10)16-14-4-7-2-1-6(3-13-7)11(21)22/h1-4H,5H2,(H,16,19)(H,21,22)(H2,15,18,20,23). The first-order valence-electron chi connectivity index (χ1n) is 6.29. The molecule has 1 amide bonds. The quantitative estimate of drug-likeness (QED) is 0.286. The monoisotopic (exact) mass is 350 g/mol. The third kappa shape index (κ3) is 4.88. The highest BCUT2D eigenvalue weighted by Gasteiger charge is 2.07. The Morgan fingerprint density at radius 1 is 1.38 bits per heavy atom. The summed E-state index contributed by atoms with van der Waals surface area (Å²) in [6.45, 7) is 0. The summed E-state index contributed by atoms with van der Waals surface area (Å²) in [5.41, 5.74) is 1.17. The molecule has 0 aliphatic rings. The molecule has 124 valence electrons. The Labute approximate surface area is 137 Å². The molecule has 0 saturated carbocycles. The third-order valence-electron chi connectivity index (χ3n) is 2.44. The van der Waals surface area contributed by atoms with Crippen LogP contribution in [0.1, 0.15) is 16.1 Å². The molecule has 4 N–H and O–H groups in total. The summed E-state index contributed by atoms with van der Waals surface area (Å²) in [5.74, 6) is -1.75. The molecule has 0 atom stereocenters. The minimum absolute atomic E-state index is 0.0335. The van der Waals surface area contributed by atoms with Gasteiger partial charge in [-0.2, -0.15) is 10.2 Å². The van der Waals surface area contributed by atoms with E-state index in [-0.39, 0.29) is 16.3 Å². The van der Waals surface area contributed by atoms with E-state index >= 15 is 0 Å². The van der Waals surface area contributed by atoms with Gasteiger partial charge in [0, 0.05) is 6.20 Å². The number of hydrogen-bond donors (Lipinski definition) is 4. The van der Waals surface area contributed by atoms with E-state index in [1.54, 1.807) is 0 Å². The summed E-state index contributed by atoms with van der Waals surface area (Å²) >= 11 is 0.823. The van der Waals surface area contributed by atoms with Crippen molar-refractivity contribution >= 4 is 29.9 Å². The van der Waals surface area contributed by atoms with E-state index in [9.17, 15) is 19.2 Å². The summed E-state index contributed by atoms with van der Waals surface area (Å²) in [5, 5.41) is 17.9. The Morgan fingerprint density at radius 2 is 2.17 bits per heavy atom. The molecule has 24 heavy (non-hydrogen) atoms. The van der Waals surface area contributed by atoms with Crippen molar-refractivity contribution in [2.24, 2.45) is 5.10 Å². The lowest BCUT2D eigenvalue weighted by Crippen LogP contribution is -2.26. The Morgan fingerprint density at radius 3 is 2.79 bits per heavy atom. The van der Waals surface area contributed by atoms with Crippen molar-refractivity contribution in [1.82, 2.24) is 25.6 Å². The number of pyridine rings is 1. The van der Waals surface area contributed by atoms with Crippen LogP contribution < -0.4 is 16.7 Å². The zero-order valence-electron chi connectivity index (χ0n) is 11.8. The van der Waals surface area contributed by atoms with E-state index in [0.29, 0.717) is 5.69 Å². The van der Waals surface area contributed by atoms with Crippen LogP contribution in [0.15, 0.2) is 38.0 Å². The number of nitrogens with zero attached hydrogens (tertiary/aromatic N) is 3. The third-order valence-corrected chi connectivity index (χ3v) is 3.40. The minimum Gasteiger partial charge on any atom is -0.478 e. The van der Waals surface area contributed by atoms with Crippen LogP contribution in [-0.4, -0.2) is 49.1 Å². The average molecular weight is 350 g/mol. The number of aromatic amines is 2. The van der Waals surface area contributed by atoms with Gasteiger partial charge in [0.25, 0.3) is 5.56 Å². The van der Waals surface area contributed by atoms with Crippen molar-refractivity contribution in [3.63, 3.8) is 0 Å². The maximum Gasteiger partial charge on any atom is 0.342 e. The van der Waals surface area contributed by atoms with Crippen LogP contribution >= 0.6 is 11.8 Å². The number of hydrazone groups is 1. The topological polar surface area (TPSA) is 170 Å². The number of rotatable bonds is 6. The number of amides is 1. The van der Waals surface area contributed by atoms with Gasteiger partial charge in [0.05, 0.1) is 23.2 Å². The van der Waals surface area contributed by atoms with E-state index in [1.807, 2.05) is 10.1 Å². The van der Waals surface area contributed by atoms with Crippen molar-refractivity contribution in [3.05, 3.63) is 50.4 Å². The Bertz CT molecular complexity index is 888. The second-order valence-electron chi connectivity index (χ2n) is 4.17. The molecule has 2 heterocycles. The van der Waals surface area contributed by atoms with E-state index < -0.39 is 23.1 Å².